The van der Waals surface area contributed by atoms with Gasteiger partial charge in [0.05, 0.1) is 20.1 Å². The van der Waals surface area contributed by atoms with E-state index in [1.165, 1.54) is 6.42 Å². The van der Waals surface area contributed by atoms with Crippen LogP contribution in [-0.2, 0) is 15.1 Å². The van der Waals surface area contributed by atoms with Crippen LogP contribution in [-0.4, -0.2) is 48.8 Å². The summed E-state index contributed by atoms with van der Waals surface area (Å²) in [5, 5.41) is 11.4. The first-order valence-electron chi connectivity index (χ1n) is 9.75. The summed E-state index contributed by atoms with van der Waals surface area (Å²) in [6.07, 6.45) is 5.05. The van der Waals surface area contributed by atoms with Crippen LogP contribution in [0, 0.1) is 5.92 Å². The lowest BCUT2D eigenvalue weighted by Crippen LogP contribution is -3.00. The Kier molecular flexibility index (Phi) is 9.55. The molecule has 0 heterocycles. The van der Waals surface area contributed by atoms with Crippen molar-refractivity contribution < 1.29 is 43.1 Å². The molecule has 0 aromatic heterocycles. The second-order valence-corrected chi connectivity index (χ2v) is 7.58. The number of rotatable bonds is 8. The Morgan fingerprint density at radius 2 is 1.73 bits per heavy atom. The Bertz CT molecular complexity index is 541. The number of benzene rings is 1. The zero-order valence-electron chi connectivity index (χ0n) is 16.4. The predicted molar refractivity (Wildman–Crippen MR) is 100 cm³/mol. The molecular formula is C21H34INO3. The molecule has 1 saturated carbocycles. The van der Waals surface area contributed by atoms with E-state index in [1.807, 2.05) is 30.3 Å². The van der Waals surface area contributed by atoms with Gasteiger partial charge in [-0.25, -0.2) is 4.79 Å². The third kappa shape index (κ3) is 5.42. The first-order chi connectivity index (χ1) is 12.0. The highest BCUT2D eigenvalue weighted by molar-refractivity contribution is 5.81. The first kappa shape index (κ1) is 23.4. The summed E-state index contributed by atoms with van der Waals surface area (Å²) in [5.41, 5.74) is -0.862. The molecule has 0 bridgehead atoms. The number of halogens is 1. The van der Waals surface area contributed by atoms with Crippen LogP contribution in [0.2, 0.25) is 0 Å². The molecule has 148 valence electrons. The highest BCUT2D eigenvalue weighted by Gasteiger charge is 2.47. The van der Waals surface area contributed by atoms with Crippen molar-refractivity contribution in [1.29, 1.82) is 0 Å². The van der Waals surface area contributed by atoms with Gasteiger partial charge in [0.2, 0.25) is 0 Å². The first-order valence-corrected chi connectivity index (χ1v) is 9.75. The summed E-state index contributed by atoms with van der Waals surface area (Å²) < 4.78 is 6.47. The van der Waals surface area contributed by atoms with Gasteiger partial charge in [0.15, 0.2) is 5.60 Å². The number of nitrogens with zero attached hydrogens (tertiary/aromatic N) is 1. The molecule has 1 atom stereocenters. The molecule has 1 N–H and O–H groups in total. The number of quaternary nitrogens is 1. The number of likely N-dealkylation sites (N-methyl/N-ethyl adjacent to an activating group) is 1. The van der Waals surface area contributed by atoms with Crippen LogP contribution < -0.4 is 24.0 Å². The van der Waals surface area contributed by atoms with Crippen LogP contribution in [0.15, 0.2) is 30.3 Å². The summed E-state index contributed by atoms with van der Waals surface area (Å²) in [6, 6.07) is 9.33. The largest absolute Gasteiger partial charge is 1.00 e. The van der Waals surface area contributed by atoms with E-state index < -0.39 is 11.6 Å². The molecule has 5 heteroatoms. The van der Waals surface area contributed by atoms with Gasteiger partial charge in [0.1, 0.15) is 13.2 Å². The molecule has 0 amide bonds. The molecule has 1 unspecified atom stereocenters. The van der Waals surface area contributed by atoms with Gasteiger partial charge in [-0.1, -0.05) is 49.6 Å². The topological polar surface area (TPSA) is 46.5 Å². The average molecular weight is 475 g/mol. The Balaban J connectivity index is 0.00000338. The third-order valence-corrected chi connectivity index (χ3v) is 6.11. The van der Waals surface area contributed by atoms with E-state index in [0.29, 0.717) is 12.2 Å². The van der Waals surface area contributed by atoms with E-state index in [0.717, 1.165) is 49.8 Å². The Hall–Kier alpha value is -0.660. The lowest BCUT2D eigenvalue weighted by atomic mass is 9.73. The average Bonchev–Trinajstić information content (AvgIpc) is 2.68. The number of hydrogen-bond donors (Lipinski definition) is 1. The Morgan fingerprint density at radius 3 is 2.27 bits per heavy atom. The molecule has 26 heavy (non-hydrogen) atoms. The maximum Gasteiger partial charge on any atom is 0.343 e. The summed E-state index contributed by atoms with van der Waals surface area (Å²) in [6.45, 7) is 7.41. The molecule has 1 fully saturated rings. The zero-order chi connectivity index (χ0) is 18.3. The van der Waals surface area contributed by atoms with Gasteiger partial charge in [-0.2, -0.15) is 0 Å². The SMILES string of the molecule is CC[N+](C)(CC)CCOC(=O)C(O)(c1ccccc1)C1CCCCC1.[I-]. The van der Waals surface area contributed by atoms with E-state index in [-0.39, 0.29) is 29.9 Å². The molecule has 4 nitrogen and oxygen atoms in total. The van der Waals surface area contributed by atoms with E-state index in [1.54, 1.807) is 0 Å². The van der Waals surface area contributed by atoms with Crippen LogP contribution in [0.25, 0.3) is 0 Å². The fraction of sp³-hybridized carbons (Fsp3) is 0.667. The van der Waals surface area contributed by atoms with Crippen molar-refractivity contribution in [2.75, 3.05) is 33.3 Å². The molecule has 1 aromatic carbocycles. The lowest BCUT2D eigenvalue weighted by molar-refractivity contribution is -0.906. The number of carbonyl (C=O) groups excluding carboxylic acids is 1. The summed E-state index contributed by atoms with van der Waals surface area (Å²) in [5.74, 6) is -0.543. The molecule has 1 aromatic rings. The van der Waals surface area contributed by atoms with Crippen LogP contribution in [0.3, 0.4) is 0 Å². The highest BCUT2D eigenvalue weighted by Crippen LogP contribution is 2.40. The summed E-state index contributed by atoms with van der Waals surface area (Å²) >= 11 is 0. The normalized spacial score (nSPS) is 17.8. The van der Waals surface area contributed by atoms with Gasteiger partial charge in [0, 0.05) is 5.92 Å². The van der Waals surface area contributed by atoms with Crippen LogP contribution >= 0.6 is 0 Å². The van der Waals surface area contributed by atoms with Gasteiger partial charge in [0.25, 0.3) is 0 Å². The van der Waals surface area contributed by atoms with E-state index in [2.05, 4.69) is 20.9 Å². The standard InChI is InChI=1S/C21H34NO3.HI/c1-4-22(3,5-2)16-17-25-20(23)21(24,18-12-8-6-9-13-18)19-14-10-7-11-15-19;/h6,8-9,12-13,19,24H,4-5,7,10-11,14-17H2,1-3H3;1H/q+1;/p-1. The predicted octanol–water partition coefficient (Wildman–Crippen LogP) is 0.488. The fourth-order valence-electron chi connectivity index (χ4n) is 3.74. The maximum atomic E-state index is 12.9. The molecule has 2 rings (SSSR count). The minimum atomic E-state index is -1.52. The van der Waals surface area contributed by atoms with Gasteiger partial charge in [-0.15, -0.1) is 0 Å². The molecule has 0 aliphatic heterocycles. The number of aliphatic hydroxyl groups is 1. The van der Waals surface area contributed by atoms with Gasteiger partial charge in [-0.05, 0) is 32.3 Å². The van der Waals surface area contributed by atoms with Crippen LogP contribution in [0.4, 0.5) is 0 Å². The van der Waals surface area contributed by atoms with Crippen molar-refractivity contribution in [2.45, 2.75) is 51.6 Å². The second-order valence-electron chi connectivity index (χ2n) is 7.58. The van der Waals surface area contributed by atoms with Crippen molar-refractivity contribution >= 4 is 5.97 Å². The number of hydrogen-bond acceptors (Lipinski definition) is 3. The van der Waals surface area contributed by atoms with Crippen molar-refractivity contribution in [3.05, 3.63) is 35.9 Å². The van der Waals surface area contributed by atoms with E-state index in [4.69, 9.17) is 4.74 Å². The smallest absolute Gasteiger partial charge is 0.343 e. The fourth-order valence-corrected chi connectivity index (χ4v) is 3.74. The third-order valence-electron chi connectivity index (χ3n) is 6.11. The quantitative estimate of drug-likeness (QED) is 0.338. The second kappa shape index (κ2) is 10.6. The van der Waals surface area contributed by atoms with E-state index >= 15 is 0 Å². The van der Waals surface area contributed by atoms with Crippen LogP contribution in [0.5, 0.6) is 0 Å². The highest BCUT2D eigenvalue weighted by atomic mass is 127. The van der Waals surface area contributed by atoms with Crippen molar-refractivity contribution in [2.24, 2.45) is 5.92 Å². The maximum absolute atomic E-state index is 12.9. The molecular weight excluding hydrogens is 441 g/mol. The molecule has 1 aliphatic carbocycles. The zero-order valence-corrected chi connectivity index (χ0v) is 18.6. The van der Waals surface area contributed by atoms with Crippen molar-refractivity contribution in [3.8, 4) is 0 Å². The van der Waals surface area contributed by atoms with Gasteiger partial charge < -0.3 is 38.3 Å². The summed E-state index contributed by atoms with van der Waals surface area (Å²) in [4.78, 5) is 12.9. The van der Waals surface area contributed by atoms with Crippen molar-refractivity contribution in [1.82, 2.24) is 0 Å². The molecule has 0 spiro atoms. The Labute approximate surface area is 175 Å². The minimum Gasteiger partial charge on any atom is -1.00 e. The molecule has 0 radical (unpaired) electrons. The Morgan fingerprint density at radius 1 is 1.15 bits per heavy atom. The van der Waals surface area contributed by atoms with Crippen molar-refractivity contribution in [3.63, 3.8) is 0 Å². The monoisotopic (exact) mass is 475 g/mol. The summed E-state index contributed by atoms with van der Waals surface area (Å²) in [7, 11) is 2.17. The number of esters is 1. The van der Waals surface area contributed by atoms with Crippen LogP contribution in [0.1, 0.15) is 51.5 Å². The van der Waals surface area contributed by atoms with E-state index in [9.17, 15) is 9.90 Å². The van der Waals surface area contributed by atoms with Gasteiger partial charge in [-0.3, -0.25) is 0 Å². The van der Waals surface area contributed by atoms with Gasteiger partial charge >= 0.3 is 5.97 Å². The minimum absolute atomic E-state index is 0. The molecule has 1 aliphatic rings. The number of carbonyl (C=O) groups is 1. The lowest BCUT2D eigenvalue weighted by Gasteiger charge is -2.37. The number of ether oxygens (including phenoxy) is 1. The molecule has 0 saturated heterocycles.